The summed E-state index contributed by atoms with van der Waals surface area (Å²) in [6.07, 6.45) is -0.0996. The van der Waals surface area contributed by atoms with Crippen LogP contribution < -0.4 is 0 Å². The fourth-order valence-corrected chi connectivity index (χ4v) is 4.58. The first-order valence-electron chi connectivity index (χ1n) is 11.4. The lowest BCUT2D eigenvalue weighted by Gasteiger charge is -2.11. The Morgan fingerprint density at radius 1 is 0.559 bits per heavy atom. The monoisotopic (exact) mass is 456 g/mol. The summed E-state index contributed by atoms with van der Waals surface area (Å²) in [7, 11) is 0. The molecule has 0 fully saturated rings. The molecule has 2 nitrogen and oxygen atoms in total. The van der Waals surface area contributed by atoms with Gasteiger partial charge in [-0.3, -0.25) is 0 Å². The summed E-state index contributed by atoms with van der Waals surface area (Å²) in [6.45, 7) is 5.43. The molecule has 0 radical (unpaired) electrons. The molecule has 6 rings (SSSR count). The van der Waals surface area contributed by atoms with Crippen LogP contribution in [-0.4, -0.2) is 0 Å². The van der Waals surface area contributed by atoms with Crippen molar-refractivity contribution in [3.05, 3.63) is 141 Å². The van der Waals surface area contributed by atoms with E-state index in [0.29, 0.717) is 13.2 Å². The molecule has 0 aliphatic carbocycles. The van der Waals surface area contributed by atoms with E-state index in [1.807, 2.05) is 0 Å². The third-order valence-corrected chi connectivity index (χ3v) is 6.32. The molecule has 0 spiro atoms. The van der Waals surface area contributed by atoms with Crippen molar-refractivity contribution in [2.24, 2.45) is 0 Å². The van der Waals surface area contributed by atoms with Gasteiger partial charge >= 0.3 is 0 Å². The van der Waals surface area contributed by atoms with Crippen LogP contribution in [0.3, 0.4) is 0 Å². The SMILES string of the molecule is Cc1ccc2c(c1)COC2c1ccc(F)cc1.Cc1ccc2c(c1)COC2c1ccc(F)cc1. The number of hydrogen-bond acceptors (Lipinski definition) is 2. The zero-order valence-corrected chi connectivity index (χ0v) is 19.2. The number of benzene rings is 4. The molecule has 4 heteroatoms. The highest BCUT2D eigenvalue weighted by atomic mass is 19.1. The van der Waals surface area contributed by atoms with E-state index in [9.17, 15) is 8.78 Å². The molecule has 4 aromatic carbocycles. The van der Waals surface area contributed by atoms with Crippen LogP contribution in [-0.2, 0) is 22.7 Å². The first-order valence-corrected chi connectivity index (χ1v) is 11.4. The molecule has 2 heterocycles. The normalized spacial score (nSPS) is 18.1. The van der Waals surface area contributed by atoms with Crippen molar-refractivity contribution in [3.63, 3.8) is 0 Å². The maximum absolute atomic E-state index is 12.9. The van der Waals surface area contributed by atoms with Gasteiger partial charge in [0.15, 0.2) is 0 Å². The summed E-state index contributed by atoms with van der Waals surface area (Å²) in [5.41, 5.74) is 9.37. The summed E-state index contributed by atoms with van der Waals surface area (Å²) >= 11 is 0. The Labute approximate surface area is 198 Å². The van der Waals surface area contributed by atoms with Crippen LogP contribution in [0.1, 0.15) is 56.7 Å². The van der Waals surface area contributed by atoms with Gasteiger partial charge in [-0.15, -0.1) is 0 Å². The van der Waals surface area contributed by atoms with E-state index in [0.717, 1.165) is 11.1 Å². The Kier molecular flexibility index (Phi) is 6.27. The summed E-state index contributed by atoms with van der Waals surface area (Å²) < 4.78 is 37.3. The van der Waals surface area contributed by atoms with Gasteiger partial charge in [0.1, 0.15) is 23.8 Å². The second-order valence-electron chi connectivity index (χ2n) is 8.89. The van der Waals surface area contributed by atoms with Crippen LogP contribution in [0.4, 0.5) is 8.78 Å². The molecule has 172 valence electrons. The maximum atomic E-state index is 12.9. The molecule has 0 saturated heterocycles. The minimum atomic E-state index is -0.212. The molecule has 0 saturated carbocycles. The second kappa shape index (κ2) is 9.49. The zero-order valence-electron chi connectivity index (χ0n) is 19.2. The highest BCUT2D eigenvalue weighted by Gasteiger charge is 2.25. The standard InChI is InChI=1S/2C15H13FO/c2*1-10-2-7-14-12(8-10)9-17-15(14)11-3-5-13(16)6-4-11/h2*2-8,15H,9H2,1H3. The fourth-order valence-electron chi connectivity index (χ4n) is 4.58. The van der Waals surface area contributed by atoms with Crippen molar-refractivity contribution in [1.29, 1.82) is 0 Å². The third kappa shape index (κ3) is 4.65. The molecule has 0 bridgehead atoms. The van der Waals surface area contributed by atoms with E-state index >= 15 is 0 Å². The van der Waals surface area contributed by atoms with Crippen LogP contribution in [0.25, 0.3) is 0 Å². The van der Waals surface area contributed by atoms with Crippen molar-refractivity contribution in [2.45, 2.75) is 39.3 Å². The van der Waals surface area contributed by atoms with Gasteiger partial charge < -0.3 is 9.47 Å². The molecule has 2 atom stereocenters. The summed E-state index contributed by atoms with van der Waals surface area (Å²) in [5, 5.41) is 0. The topological polar surface area (TPSA) is 18.5 Å². The third-order valence-electron chi connectivity index (χ3n) is 6.32. The fraction of sp³-hybridized carbons (Fsp3) is 0.200. The van der Waals surface area contributed by atoms with Gasteiger partial charge in [0, 0.05) is 0 Å². The number of ether oxygens (including phenoxy) is 2. The maximum Gasteiger partial charge on any atom is 0.123 e. The van der Waals surface area contributed by atoms with E-state index in [1.54, 1.807) is 24.3 Å². The first-order chi connectivity index (χ1) is 16.5. The molecule has 34 heavy (non-hydrogen) atoms. The van der Waals surface area contributed by atoms with Crippen molar-refractivity contribution < 1.29 is 18.3 Å². The first kappa shape index (κ1) is 22.5. The Morgan fingerprint density at radius 3 is 1.32 bits per heavy atom. The lowest BCUT2D eigenvalue weighted by atomic mass is 9.98. The van der Waals surface area contributed by atoms with Crippen molar-refractivity contribution in [1.82, 2.24) is 0 Å². The average Bonchev–Trinajstić information content (AvgIpc) is 3.44. The molecule has 4 aromatic rings. The largest absolute Gasteiger partial charge is 0.364 e. The van der Waals surface area contributed by atoms with Crippen LogP contribution >= 0.6 is 0 Å². The van der Waals surface area contributed by atoms with Crippen LogP contribution in [0.2, 0.25) is 0 Å². The molecule has 2 aliphatic heterocycles. The molecular formula is C30H26F2O2. The van der Waals surface area contributed by atoms with Gasteiger partial charge in [-0.25, -0.2) is 8.78 Å². The van der Waals surface area contributed by atoms with E-state index < -0.39 is 0 Å². The highest BCUT2D eigenvalue weighted by Crippen LogP contribution is 2.37. The van der Waals surface area contributed by atoms with Crippen molar-refractivity contribution >= 4 is 0 Å². The van der Waals surface area contributed by atoms with E-state index in [-0.39, 0.29) is 23.8 Å². The van der Waals surface area contributed by atoms with Crippen LogP contribution in [0, 0.1) is 25.5 Å². The molecular weight excluding hydrogens is 430 g/mol. The van der Waals surface area contributed by atoms with E-state index in [4.69, 9.17) is 9.47 Å². The number of halogens is 2. The van der Waals surface area contributed by atoms with E-state index in [1.165, 1.54) is 57.6 Å². The molecule has 2 aliphatic rings. The zero-order chi connectivity index (χ0) is 23.7. The van der Waals surface area contributed by atoms with Gasteiger partial charge in [0.25, 0.3) is 0 Å². The Bertz CT molecular complexity index is 1190. The van der Waals surface area contributed by atoms with Crippen LogP contribution in [0.15, 0.2) is 84.9 Å². The second-order valence-corrected chi connectivity index (χ2v) is 8.89. The predicted octanol–water partition coefficient (Wildman–Crippen LogP) is 7.51. The van der Waals surface area contributed by atoms with Gasteiger partial charge in [0.2, 0.25) is 0 Å². The minimum Gasteiger partial charge on any atom is -0.364 e. The van der Waals surface area contributed by atoms with Crippen LogP contribution in [0.5, 0.6) is 0 Å². The molecule has 0 amide bonds. The lowest BCUT2D eigenvalue weighted by molar-refractivity contribution is 0.0938. The molecule has 2 unspecified atom stereocenters. The molecule has 0 aromatic heterocycles. The Balaban J connectivity index is 0.000000142. The van der Waals surface area contributed by atoms with Gasteiger partial charge in [-0.05, 0) is 71.5 Å². The quantitative estimate of drug-likeness (QED) is 0.311. The Hall–Kier alpha value is -3.34. The van der Waals surface area contributed by atoms with Crippen molar-refractivity contribution in [2.75, 3.05) is 0 Å². The Morgan fingerprint density at radius 2 is 0.941 bits per heavy atom. The van der Waals surface area contributed by atoms with Gasteiger partial charge in [0.05, 0.1) is 13.2 Å². The van der Waals surface area contributed by atoms with Gasteiger partial charge in [-0.1, -0.05) is 71.8 Å². The summed E-state index contributed by atoms with van der Waals surface area (Å²) in [5.74, 6) is -0.424. The highest BCUT2D eigenvalue weighted by molar-refractivity contribution is 5.41. The summed E-state index contributed by atoms with van der Waals surface area (Å²) in [4.78, 5) is 0. The smallest absolute Gasteiger partial charge is 0.123 e. The predicted molar refractivity (Wildman–Crippen MR) is 128 cm³/mol. The molecule has 0 N–H and O–H groups in total. The number of rotatable bonds is 2. The van der Waals surface area contributed by atoms with Crippen molar-refractivity contribution in [3.8, 4) is 0 Å². The average molecular weight is 457 g/mol. The summed E-state index contributed by atoms with van der Waals surface area (Å²) in [6, 6.07) is 25.7. The number of hydrogen-bond donors (Lipinski definition) is 0. The van der Waals surface area contributed by atoms with E-state index in [2.05, 4.69) is 50.2 Å². The minimum absolute atomic E-state index is 0.0498. The number of aryl methyl sites for hydroxylation is 2. The van der Waals surface area contributed by atoms with Gasteiger partial charge in [-0.2, -0.15) is 0 Å². The lowest BCUT2D eigenvalue weighted by Crippen LogP contribution is -1.98. The number of fused-ring (bicyclic) bond motifs is 2.